The van der Waals surface area contributed by atoms with Crippen LogP contribution in [0.2, 0.25) is 0 Å². The van der Waals surface area contributed by atoms with Crippen LogP contribution < -0.4 is 9.46 Å². The second-order valence-electron chi connectivity index (χ2n) is 7.08. The largest absolute Gasteiger partial charge is 0.573 e. The molecule has 1 aliphatic heterocycles. The highest BCUT2D eigenvalue weighted by Crippen LogP contribution is 2.29. The van der Waals surface area contributed by atoms with E-state index in [0.29, 0.717) is 18.0 Å². The van der Waals surface area contributed by atoms with Gasteiger partial charge in [0.1, 0.15) is 5.75 Å². The number of nitrogens with zero attached hydrogens (tertiary/aromatic N) is 1. The van der Waals surface area contributed by atoms with Crippen molar-refractivity contribution in [1.29, 1.82) is 0 Å². The second-order valence-corrected chi connectivity index (χ2v) is 8.76. The quantitative estimate of drug-likeness (QED) is 0.605. The zero-order valence-electron chi connectivity index (χ0n) is 16.0. The highest BCUT2D eigenvalue weighted by molar-refractivity contribution is 7.92. The van der Waals surface area contributed by atoms with Crippen molar-refractivity contribution < 1.29 is 30.7 Å². The fraction of sp³-hybridized carbons (Fsp3) is 0.400. The topological polar surface area (TPSA) is 58.6 Å². The summed E-state index contributed by atoms with van der Waals surface area (Å²) in [5, 5.41) is 0. The first-order valence-corrected chi connectivity index (χ1v) is 10.9. The van der Waals surface area contributed by atoms with Gasteiger partial charge in [-0.3, -0.25) is 9.11 Å². The van der Waals surface area contributed by atoms with Gasteiger partial charge in [0.05, 0.1) is 11.6 Å². The third-order valence-electron chi connectivity index (χ3n) is 4.88. The first kappa shape index (κ1) is 22.4. The Labute approximate surface area is 172 Å². The molecule has 5 nitrogen and oxygen atoms in total. The summed E-state index contributed by atoms with van der Waals surface area (Å²) in [7, 11) is -3.96. The van der Waals surface area contributed by atoms with Crippen LogP contribution in [0.3, 0.4) is 0 Å². The van der Waals surface area contributed by atoms with Gasteiger partial charge in [-0.25, -0.2) is 8.42 Å². The molecule has 1 atom stereocenters. The van der Waals surface area contributed by atoms with Gasteiger partial charge in [-0.1, -0.05) is 12.1 Å². The molecule has 0 aliphatic carbocycles. The Bertz CT molecular complexity index is 932. The summed E-state index contributed by atoms with van der Waals surface area (Å²) in [6.45, 7) is 2.16. The van der Waals surface area contributed by atoms with Crippen LogP contribution in [-0.4, -0.2) is 46.0 Å². The Morgan fingerprint density at radius 3 is 2.33 bits per heavy atom. The molecule has 1 aliphatic rings. The van der Waals surface area contributed by atoms with E-state index in [1.54, 1.807) is 12.1 Å². The molecule has 2 aromatic carbocycles. The van der Waals surface area contributed by atoms with E-state index in [4.69, 9.17) is 0 Å². The number of benzene rings is 2. The minimum absolute atomic E-state index is 0.180. The lowest BCUT2D eigenvalue weighted by atomic mass is 9.98. The molecule has 0 spiro atoms. The molecule has 10 heteroatoms. The number of likely N-dealkylation sites (tertiary alicyclic amines) is 1. The Morgan fingerprint density at radius 1 is 1.07 bits per heavy atom. The molecule has 164 valence electrons. The number of rotatable bonds is 8. The number of halogens is 4. The van der Waals surface area contributed by atoms with Gasteiger partial charge in [0.2, 0.25) is 0 Å². The van der Waals surface area contributed by atoms with Crippen LogP contribution in [0.5, 0.6) is 5.75 Å². The maximum absolute atomic E-state index is 12.5. The molecule has 1 N–H and O–H groups in total. The van der Waals surface area contributed by atoms with Gasteiger partial charge in [0.15, 0.2) is 0 Å². The van der Waals surface area contributed by atoms with E-state index in [-0.39, 0.29) is 11.6 Å². The van der Waals surface area contributed by atoms with Crippen molar-refractivity contribution in [3.8, 4) is 5.75 Å². The lowest BCUT2D eigenvalue weighted by Gasteiger charge is -2.15. The molecule has 3 rings (SSSR count). The summed E-state index contributed by atoms with van der Waals surface area (Å²) in [6.07, 6.45) is -3.36. The highest BCUT2D eigenvalue weighted by Gasteiger charge is 2.31. The Morgan fingerprint density at radius 2 is 1.73 bits per heavy atom. The molecule has 0 radical (unpaired) electrons. The van der Waals surface area contributed by atoms with E-state index in [0.717, 1.165) is 55.9 Å². The first-order chi connectivity index (χ1) is 14.2. The third-order valence-corrected chi connectivity index (χ3v) is 6.28. The molecule has 30 heavy (non-hydrogen) atoms. The molecule has 2 aromatic rings. The van der Waals surface area contributed by atoms with E-state index in [2.05, 4.69) is 14.4 Å². The van der Waals surface area contributed by atoms with Crippen molar-refractivity contribution >= 4 is 15.7 Å². The normalized spacial score (nSPS) is 17.8. The molecular formula is C20H22F4N2O3S. The van der Waals surface area contributed by atoms with Gasteiger partial charge in [0, 0.05) is 18.8 Å². The van der Waals surface area contributed by atoms with Crippen LogP contribution in [0.25, 0.3) is 0 Å². The van der Waals surface area contributed by atoms with E-state index in [9.17, 15) is 26.0 Å². The van der Waals surface area contributed by atoms with Crippen molar-refractivity contribution in [2.24, 2.45) is 0 Å². The number of nitrogens with one attached hydrogen (secondary N) is 1. The van der Waals surface area contributed by atoms with Crippen molar-refractivity contribution in [1.82, 2.24) is 4.90 Å². The summed E-state index contributed by atoms with van der Waals surface area (Å²) in [4.78, 5) is 2.04. The summed E-state index contributed by atoms with van der Waals surface area (Å²) in [6, 6.07) is 11.0. The standard InChI is InChI=1S/C20H22F4N2O3S/c21-11-1-12-26-13-10-16(14-26)15-2-4-17(5-3-15)25-30(27,28)19-8-6-18(7-9-19)29-20(22,23)24/h2-9,16,25H,1,10-14H2. The van der Waals surface area contributed by atoms with Crippen LogP contribution in [-0.2, 0) is 10.0 Å². The lowest BCUT2D eigenvalue weighted by molar-refractivity contribution is -0.274. The number of anilines is 1. The summed E-state index contributed by atoms with van der Waals surface area (Å²) >= 11 is 0. The Hall–Kier alpha value is -2.33. The minimum atomic E-state index is -4.84. The Balaban J connectivity index is 1.62. The van der Waals surface area contributed by atoms with Gasteiger partial charge in [-0.2, -0.15) is 0 Å². The maximum Gasteiger partial charge on any atom is 0.573 e. The van der Waals surface area contributed by atoms with Crippen molar-refractivity contribution in [2.45, 2.75) is 30.0 Å². The zero-order valence-corrected chi connectivity index (χ0v) is 16.8. The monoisotopic (exact) mass is 446 g/mol. The van der Waals surface area contributed by atoms with Crippen LogP contribution in [0.15, 0.2) is 53.4 Å². The number of hydrogen-bond acceptors (Lipinski definition) is 4. The van der Waals surface area contributed by atoms with E-state index in [1.165, 1.54) is 0 Å². The molecule has 0 bridgehead atoms. The third kappa shape index (κ3) is 6.09. The molecular weight excluding hydrogens is 424 g/mol. The molecule has 1 saturated heterocycles. The average molecular weight is 446 g/mol. The van der Waals surface area contributed by atoms with Gasteiger partial charge in [0.25, 0.3) is 10.0 Å². The van der Waals surface area contributed by atoms with Gasteiger partial charge >= 0.3 is 6.36 Å². The average Bonchev–Trinajstić information content (AvgIpc) is 3.15. The second kappa shape index (κ2) is 9.22. The smallest absolute Gasteiger partial charge is 0.406 e. The first-order valence-electron chi connectivity index (χ1n) is 9.43. The van der Waals surface area contributed by atoms with Crippen molar-refractivity contribution in [3.63, 3.8) is 0 Å². The van der Waals surface area contributed by atoms with Crippen molar-refractivity contribution in [3.05, 3.63) is 54.1 Å². The van der Waals surface area contributed by atoms with Gasteiger partial charge < -0.3 is 9.64 Å². The fourth-order valence-electron chi connectivity index (χ4n) is 3.45. The number of sulfonamides is 1. The van der Waals surface area contributed by atoms with E-state index >= 15 is 0 Å². The van der Waals surface area contributed by atoms with Crippen LogP contribution in [0, 0.1) is 0 Å². The summed E-state index contributed by atoms with van der Waals surface area (Å²) < 4.78 is 80.1. The number of alkyl halides is 4. The van der Waals surface area contributed by atoms with Gasteiger partial charge in [-0.05, 0) is 67.3 Å². The maximum atomic E-state index is 12.5. The van der Waals surface area contributed by atoms with Gasteiger partial charge in [-0.15, -0.1) is 13.2 Å². The molecule has 1 unspecified atom stereocenters. The van der Waals surface area contributed by atoms with Crippen LogP contribution >= 0.6 is 0 Å². The molecule has 1 heterocycles. The van der Waals surface area contributed by atoms with Crippen LogP contribution in [0.4, 0.5) is 23.2 Å². The highest BCUT2D eigenvalue weighted by atomic mass is 32.2. The fourth-order valence-corrected chi connectivity index (χ4v) is 4.51. The summed E-state index contributed by atoms with van der Waals surface area (Å²) in [5.41, 5.74) is 1.43. The van der Waals surface area contributed by atoms with Crippen LogP contribution in [0.1, 0.15) is 24.3 Å². The number of ether oxygens (including phenoxy) is 1. The zero-order chi connectivity index (χ0) is 21.8. The molecule has 0 saturated carbocycles. The van der Waals surface area contributed by atoms with E-state index in [1.807, 2.05) is 12.1 Å². The molecule has 0 aromatic heterocycles. The number of hydrogen-bond donors (Lipinski definition) is 1. The SMILES string of the molecule is O=S(=O)(Nc1ccc(C2CCN(CCCF)C2)cc1)c1ccc(OC(F)(F)F)cc1. The predicted molar refractivity (Wildman–Crippen MR) is 105 cm³/mol. The minimum Gasteiger partial charge on any atom is -0.406 e. The molecule has 0 amide bonds. The lowest BCUT2D eigenvalue weighted by Crippen LogP contribution is -2.21. The molecule has 1 fully saturated rings. The van der Waals surface area contributed by atoms with Crippen molar-refractivity contribution in [2.75, 3.05) is 31.0 Å². The summed E-state index contributed by atoms with van der Waals surface area (Å²) in [5.74, 6) is -0.181. The van der Waals surface area contributed by atoms with E-state index < -0.39 is 22.1 Å². The predicted octanol–water partition coefficient (Wildman–Crippen LogP) is 4.53. The Kier molecular flexibility index (Phi) is 6.87.